The van der Waals surface area contributed by atoms with Crippen molar-refractivity contribution in [3.8, 4) is 11.4 Å². The average Bonchev–Trinajstić information content (AvgIpc) is 2.84. The summed E-state index contributed by atoms with van der Waals surface area (Å²) in [6.07, 6.45) is 0. The zero-order valence-electron chi connectivity index (χ0n) is 19.6. The summed E-state index contributed by atoms with van der Waals surface area (Å²) < 4.78 is 16.5. The van der Waals surface area contributed by atoms with Crippen molar-refractivity contribution in [2.24, 2.45) is 0 Å². The molecule has 10 heteroatoms. The number of amides is 1. The Hall–Kier alpha value is -4.47. The van der Waals surface area contributed by atoms with Crippen molar-refractivity contribution in [3.05, 3.63) is 81.8 Å². The highest BCUT2D eigenvalue weighted by Crippen LogP contribution is 2.17. The lowest BCUT2D eigenvalue weighted by atomic mass is 10.2. The van der Waals surface area contributed by atoms with Crippen LogP contribution in [0.15, 0.2) is 59.4 Å². The molecule has 0 aliphatic carbocycles. The van der Waals surface area contributed by atoms with E-state index >= 15 is 0 Å². The van der Waals surface area contributed by atoms with Crippen LogP contribution in [0.5, 0.6) is 5.75 Å². The van der Waals surface area contributed by atoms with Crippen LogP contribution in [0.2, 0.25) is 0 Å². The number of anilines is 1. The lowest BCUT2D eigenvalue weighted by Crippen LogP contribution is -2.27. The van der Waals surface area contributed by atoms with Gasteiger partial charge in [0.25, 0.3) is 11.5 Å². The third-order valence-corrected chi connectivity index (χ3v) is 4.68. The minimum absolute atomic E-state index is 0.0892. The predicted molar refractivity (Wildman–Crippen MR) is 127 cm³/mol. The number of nitrogens with one attached hydrogen (secondary N) is 1. The summed E-state index contributed by atoms with van der Waals surface area (Å²) in [5, 5.41) is 6.73. The van der Waals surface area contributed by atoms with Crippen LogP contribution in [0.4, 0.5) is 5.69 Å². The first-order chi connectivity index (χ1) is 16.8. The summed E-state index contributed by atoms with van der Waals surface area (Å²) in [6.45, 7) is 5.09. The molecule has 0 radical (unpaired) electrons. The zero-order valence-corrected chi connectivity index (χ0v) is 19.6. The molecule has 0 unspecified atom stereocenters. The van der Waals surface area contributed by atoms with Crippen LogP contribution in [0.3, 0.4) is 0 Å². The molecule has 1 N–H and O–H groups in total. The molecule has 0 bridgehead atoms. The molecule has 2 aromatic carbocycles. The standard InChI is InChI=1S/C25H25N3O7/c1-4-33-24(31)17-8-10-18(11-9-17)26-21(29)15-35-20-14-22(30)28(19-12-6-16(3)7-13-19)27-23(20)25(32)34-5-2/h6-14H,4-5,15H2,1-3H3,(H,26,29). The van der Waals surface area contributed by atoms with Crippen molar-refractivity contribution in [1.82, 2.24) is 9.78 Å². The molecule has 0 saturated heterocycles. The topological polar surface area (TPSA) is 126 Å². The number of rotatable bonds is 9. The zero-order chi connectivity index (χ0) is 25.4. The summed E-state index contributed by atoms with van der Waals surface area (Å²) in [6, 6.07) is 14.2. The highest BCUT2D eigenvalue weighted by molar-refractivity contribution is 5.94. The van der Waals surface area contributed by atoms with Gasteiger partial charge in [-0.15, -0.1) is 0 Å². The second-order valence-electron chi connectivity index (χ2n) is 7.30. The van der Waals surface area contributed by atoms with Gasteiger partial charge in [0.2, 0.25) is 5.69 Å². The number of aromatic nitrogens is 2. The number of carbonyl (C=O) groups excluding carboxylic acids is 3. The van der Waals surface area contributed by atoms with Gasteiger partial charge in [-0.25, -0.2) is 9.59 Å². The van der Waals surface area contributed by atoms with E-state index in [0.717, 1.165) is 16.3 Å². The van der Waals surface area contributed by atoms with Crippen LogP contribution in [-0.2, 0) is 14.3 Å². The maximum atomic E-state index is 12.7. The van der Waals surface area contributed by atoms with Crippen molar-refractivity contribution < 1.29 is 28.6 Å². The van der Waals surface area contributed by atoms with E-state index in [4.69, 9.17) is 14.2 Å². The predicted octanol–water partition coefficient (Wildman–Crippen LogP) is 2.91. The fraction of sp³-hybridized carbons (Fsp3) is 0.240. The number of esters is 2. The Balaban J connectivity index is 1.76. The van der Waals surface area contributed by atoms with Gasteiger partial charge < -0.3 is 19.5 Å². The van der Waals surface area contributed by atoms with E-state index in [1.807, 2.05) is 19.1 Å². The van der Waals surface area contributed by atoms with Gasteiger partial charge in [0.05, 0.1) is 30.5 Å². The van der Waals surface area contributed by atoms with Crippen molar-refractivity contribution in [2.75, 3.05) is 25.1 Å². The molecule has 3 rings (SSSR count). The molecule has 35 heavy (non-hydrogen) atoms. The molecule has 0 spiro atoms. The molecule has 10 nitrogen and oxygen atoms in total. The van der Waals surface area contributed by atoms with E-state index in [0.29, 0.717) is 16.9 Å². The van der Waals surface area contributed by atoms with Crippen LogP contribution < -0.4 is 15.6 Å². The van der Waals surface area contributed by atoms with Gasteiger partial charge in [-0.3, -0.25) is 9.59 Å². The van der Waals surface area contributed by atoms with E-state index in [2.05, 4.69) is 10.4 Å². The van der Waals surface area contributed by atoms with E-state index < -0.39 is 30.0 Å². The third kappa shape index (κ3) is 6.53. The number of carbonyl (C=O) groups is 3. The molecule has 1 heterocycles. The monoisotopic (exact) mass is 479 g/mol. The number of nitrogens with zero attached hydrogens (tertiary/aromatic N) is 2. The van der Waals surface area contributed by atoms with Crippen molar-refractivity contribution in [1.29, 1.82) is 0 Å². The fourth-order valence-corrected chi connectivity index (χ4v) is 3.01. The first-order valence-electron chi connectivity index (χ1n) is 10.9. The van der Waals surface area contributed by atoms with E-state index in [9.17, 15) is 19.2 Å². The molecule has 0 aliphatic heterocycles. The molecule has 1 aromatic heterocycles. The summed E-state index contributed by atoms with van der Waals surface area (Å²) in [5.74, 6) is -1.98. The first-order valence-corrected chi connectivity index (χ1v) is 10.9. The second kappa shape index (κ2) is 11.6. The summed E-state index contributed by atoms with van der Waals surface area (Å²) >= 11 is 0. The maximum absolute atomic E-state index is 12.7. The maximum Gasteiger partial charge on any atom is 0.362 e. The first kappa shape index (κ1) is 25.2. The van der Waals surface area contributed by atoms with E-state index in [-0.39, 0.29) is 24.7 Å². The van der Waals surface area contributed by atoms with Crippen LogP contribution in [-0.4, -0.2) is 47.4 Å². The van der Waals surface area contributed by atoms with Gasteiger partial charge >= 0.3 is 11.9 Å². The van der Waals surface area contributed by atoms with Crippen molar-refractivity contribution in [2.45, 2.75) is 20.8 Å². The summed E-state index contributed by atoms with van der Waals surface area (Å²) in [5.41, 5.74) is 1.44. The highest BCUT2D eigenvalue weighted by atomic mass is 16.5. The van der Waals surface area contributed by atoms with Crippen molar-refractivity contribution >= 4 is 23.5 Å². The Bertz CT molecular complexity index is 1270. The number of hydrogen-bond acceptors (Lipinski definition) is 8. The molecular weight excluding hydrogens is 454 g/mol. The Morgan fingerprint density at radius 3 is 2.17 bits per heavy atom. The lowest BCUT2D eigenvalue weighted by molar-refractivity contribution is -0.118. The van der Waals surface area contributed by atoms with Crippen LogP contribution >= 0.6 is 0 Å². The van der Waals surface area contributed by atoms with E-state index in [1.165, 1.54) is 12.1 Å². The number of aryl methyl sites for hydroxylation is 1. The van der Waals surface area contributed by atoms with Gasteiger partial charge in [0, 0.05) is 5.69 Å². The van der Waals surface area contributed by atoms with Gasteiger partial charge in [0.1, 0.15) is 0 Å². The minimum Gasteiger partial charge on any atom is -0.481 e. The molecule has 0 atom stereocenters. The van der Waals surface area contributed by atoms with Crippen LogP contribution in [0.25, 0.3) is 5.69 Å². The number of benzene rings is 2. The Morgan fingerprint density at radius 1 is 0.914 bits per heavy atom. The smallest absolute Gasteiger partial charge is 0.362 e. The number of ether oxygens (including phenoxy) is 3. The lowest BCUT2D eigenvalue weighted by Gasteiger charge is -2.13. The summed E-state index contributed by atoms with van der Waals surface area (Å²) in [7, 11) is 0. The fourth-order valence-electron chi connectivity index (χ4n) is 3.01. The Labute approximate surface area is 201 Å². The van der Waals surface area contributed by atoms with Gasteiger partial charge in [-0.05, 0) is 57.2 Å². The summed E-state index contributed by atoms with van der Waals surface area (Å²) in [4.78, 5) is 49.2. The molecule has 3 aromatic rings. The number of hydrogen-bond donors (Lipinski definition) is 1. The Kier molecular flexibility index (Phi) is 8.33. The van der Waals surface area contributed by atoms with Gasteiger partial charge in [-0.2, -0.15) is 9.78 Å². The third-order valence-electron chi connectivity index (χ3n) is 4.68. The second-order valence-corrected chi connectivity index (χ2v) is 7.30. The van der Waals surface area contributed by atoms with Gasteiger partial charge in [0.15, 0.2) is 12.4 Å². The minimum atomic E-state index is -0.793. The van der Waals surface area contributed by atoms with Gasteiger partial charge in [-0.1, -0.05) is 17.7 Å². The Morgan fingerprint density at radius 2 is 1.54 bits per heavy atom. The largest absolute Gasteiger partial charge is 0.481 e. The highest BCUT2D eigenvalue weighted by Gasteiger charge is 2.20. The molecule has 1 amide bonds. The van der Waals surface area contributed by atoms with Crippen LogP contribution in [0.1, 0.15) is 40.3 Å². The molecule has 0 saturated carbocycles. The molecule has 0 fully saturated rings. The van der Waals surface area contributed by atoms with Crippen molar-refractivity contribution in [3.63, 3.8) is 0 Å². The average molecular weight is 479 g/mol. The molecule has 0 aliphatic rings. The van der Waals surface area contributed by atoms with Crippen LogP contribution in [0, 0.1) is 6.92 Å². The van der Waals surface area contributed by atoms with E-state index in [1.54, 1.807) is 38.1 Å². The molecule has 182 valence electrons. The SMILES string of the molecule is CCOC(=O)c1ccc(NC(=O)COc2cc(=O)n(-c3ccc(C)cc3)nc2C(=O)OCC)cc1. The molecular formula is C25H25N3O7. The normalized spacial score (nSPS) is 10.4. The quantitative estimate of drug-likeness (QED) is 0.465.